The SMILES string of the molecule is CCCCOc1ccc(-c2nn(-c3ccccc3)cc2/C=C(\C#N)c2nc3ccccc3[nH]2)c(C)c1. The van der Waals surface area contributed by atoms with E-state index in [1.807, 2.05) is 89.8 Å². The number of allylic oxidation sites excluding steroid dienone is 1. The number of nitriles is 1. The monoisotopic (exact) mass is 473 g/mol. The van der Waals surface area contributed by atoms with E-state index in [-0.39, 0.29) is 0 Å². The topological polar surface area (TPSA) is 79.5 Å². The van der Waals surface area contributed by atoms with Crippen LogP contribution in [0, 0.1) is 18.3 Å². The number of para-hydroxylation sites is 3. The van der Waals surface area contributed by atoms with Gasteiger partial charge >= 0.3 is 0 Å². The number of ether oxygens (including phenoxy) is 1. The van der Waals surface area contributed by atoms with Crippen molar-refractivity contribution in [3.63, 3.8) is 0 Å². The average molecular weight is 474 g/mol. The van der Waals surface area contributed by atoms with E-state index in [4.69, 9.17) is 9.84 Å². The van der Waals surface area contributed by atoms with Crippen LogP contribution in [0.2, 0.25) is 0 Å². The van der Waals surface area contributed by atoms with E-state index >= 15 is 0 Å². The van der Waals surface area contributed by atoms with Gasteiger partial charge in [0.15, 0.2) is 0 Å². The second kappa shape index (κ2) is 10.3. The quantitative estimate of drug-likeness (QED) is 0.195. The van der Waals surface area contributed by atoms with Crippen molar-refractivity contribution in [1.82, 2.24) is 19.7 Å². The first kappa shape index (κ1) is 23.1. The number of aromatic nitrogens is 4. The van der Waals surface area contributed by atoms with E-state index in [1.165, 1.54) is 0 Å². The molecule has 2 heterocycles. The van der Waals surface area contributed by atoms with Gasteiger partial charge in [0.2, 0.25) is 0 Å². The molecule has 0 bridgehead atoms. The number of unbranched alkanes of at least 4 members (excludes halogenated alkanes) is 1. The van der Waals surface area contributed by atoms with E-state index in [2.05, 4.69) is 29.9 Å². The van der Waals surface area contributed by atoms with Crippen LogP contribution in [0.5, 0.6) is 5.75 Å². The number of aromatic amines is 1. The van der Waals surface area contributed by atoms with Crippen LogP contribution in [0.25, 0.3) is 39.6 Å². The van der Waals surface area contributed by atoms with Crippen molar-refractivity contribution in [2.45, 2.75) is 26.7 Å². The number of nitrogens with one attached hydrogen (secondary N) is 1. The molecule has 0 aliphatic rings. The van der Waals surface area contributed by atoms with E-state index < -0.39 is 0 Å². The molecule has 0 atom stereocenters. The molecule has 1 N–H and O–H groups in total. The smallest absolute Gasteiger partial charge is 0.149 e. The molecule has 36 heavy (non-hydrogen) atoms. The molecular formula is C30H27N5O. The fourth-order valence-electron chi connectivity index (χ4n) is 4.13. The van der Waals surface area contributed by atoms with Crippen LogP contribution in [-0.4, -0.2) is 26.4 Å². The van der Waals surface area contributed by atoms with E-state index in [0.29, 0.717) is 18.0 Å². The van der Waals surface area contributed by atoms with Gasteiger partial charge in [-0.25, -0.2) is 9.67 Å². The van der Waals surface area contributed by atoms with Gasteiger partial charge in [-0.2, -0.15) is 10.4 Å². The van der Waals surface area contributed by atoms with Gasteiger partial charge < -0.3 is 9.72 Å². The zero-order valence-corrected chi connectivity index (χ0v) is 20.4. The Labute approximate surface area is 210 Å². The first-order valence-electron chi connectivity index (χ1n) is 12.1. The molecule has 6 heteroatoms. The number of rotatable bonds is 8. The second-order valence-corrected chi connectivity index (χ2v) is 8.66. The fourth-order valence-corrected chi connectivity index (χ4v) is 4.13. The number of benzene rings is 3. The van der Waals surface area contributed by atoms with Gasteiger partial charge in [0.05, 0.1) is 28.9 Å². The molecule has 0 saturated carbocycles. The Morgan fingerprint density at radius 3 is 2.64 bits per heavy atom. The van der Waals surface area contributed by atoms with Gasteiger partial charge in [-0.1, -0.05) is 43.7 Å². The fraction of sp³-hybridized carbons (Fsp3) is 0.167. The largest absolute Gasteiger partial charge is 0.494 e. The van der Waals surface area contributed by atoms with Crippen LogP contribution in [0.3, 0.4) is 0 Å². The Bertz CT molecular complexity index is 1540. The summed E-state index contributed by atoms with van der Waals surface area (Å²) < 4.78 is 7.75. The van der Waals surface area contributed by atoms with Gasteiger partial charge in [0.25, 0.3) is 0 Å². The average Bonchev–Trinajstić information content (AvgIpc) is 3.52. The molecule has 0 fully saturated rings. The molecule has 0 unspecified atom stereocenters. The molecule has 5 aromatic rings. The second-order valence-electron chi connectivity index (χ2n) is 8.66. The molecular weight excluding hydrogens is 446 g/mol. The molecule has 6 nitrogen and oxygen atoms in total. The third-order valence-corrected chi connectivity index (χ3v) is 6.05. The summed E-state index contributed by atoms with van der Waals surface area (Å²) in [6.45, 7) is 4.91. The van der Waals surface area contributed by atoms with Gasteiger partial charge in [0, 0.05) is 17.3 Å². The van der Waals surface area contributed by atoms with Crippen molar-refractivity contribution in [3.05, 3.63) is 95.9 Å². The van der Waals surface area contributed by atoms with E-state index in [9.17, 15) is 5.26 Å². The Kier molecular flexibility index (Phi) is 6.63. The number of H-pyrrole nitrogens is 1. The lowest BCUT2D eigenvalue weighted by atomic mass is 10.0. The van der Waals surface area contributed by atoms with Crippen LogP contribution >= 0.6 is 0 Å². The van der Waals surface area contributed by atoms with Crippen molar-refractivity contribution >= 4 is 22.7 Å². The van der Waals surface area contributed by atoms with Crippen LogP contribution in [0.15, 0.2) is 79.0 Å². The number of imidazole rings is 1. The van der Waals surface area contributed by atoms with Crippen LogP contribution in [0.4, 0.5) is 0 Å². The maximum absolute atomic E-state index is 10.0. The predicted molar refractivity (Wildman–Crippen MR) is 144 cm³/mol. The van der Waals surface area contributed by atoms with Crippen molar-refractivity contribution < 1.29 is 4.74 Å². The molecule has 0 radical (unpaired) electrons. The normalized spacial score (nSPS) is 11.5. The molecule has 178 valence electrons. The molecule has 0 aliphatic heterocycles. The van der Waals surface area contributed by atoms with Gasteiger partial charge in [-0.3, -0.25) is 0 Å². The highest BCUT2D eigenvalue weighted by atomic mass is 16.5. The molecule has 0 saturated heterocycles. The number of aryl methyl sites for hydroxylation is 1. The summed E-state index contributed by atoms with van der Waals surface area (Å²) in [5, 5.41) is 15.0. The molecule has 2 aromatic heterocycles. The summed E-state index contributed by atoms with van der Waals surface area (Å²) in [6, 6.07) is 26.1. The molecule has 0 amide bonds. The third-order valence-electron chi connectivity index (χ3n) is 6.05. The van der Waals surface area contributed by atoms with Gasteiger partial charge in [-0.05, 0) is 67.4 Å². The van der Waals surface area contributed by atoms with Crippen molar-refractivity contribution in [2.75, 3.05) is 6.61 Å². The first-order chi connectivity index (χ1) is 17.7. The summed E-state index contributed by atoms with van der Waals surface area (Å²) >= 11 is 0. The lowest BCUT2D eigenvalue weighted by Crippen LogP contribution is -1.98. The Morgan fingerprint density at radius 1 is 1.08 bits per heavy atom. The number of hydrogen-bond donors (Lipinski definition) is 1. The highest BCUT2D eigenvalue weighted by Gasteiger charge is 2.16. The minimum Gasteiger partial charge on any atom is -0.494 e. The summed E-state index contributed by atoms with van der Waals surface area (Å²) in [6.07, 6.45) is 5.92. The minimum atomic E-state index is 0.442. The Balaban J connectivity index is 1.60. The summed E-state index contributed by atoms with van der Waals surface area (Å²) in [4.78, 5) is 7.88. The van der Waals surface area contributed by atoms with Crippen LogP contribution in [-0.2, 0) is 0 Å². The predicted octanol–water partition coefficient (Wildman–Crippen LogP) is 6.97. The van der Waals surface area contributed by atoms with Crippen LogP contribution < -0.4 is 4.74 Å². The summed E-state index contributed by atoms with van der Waals surface area (Å²) in [7, 11) is 0. The van der Waals surface area contributed by atoms with Crippen molar-refractivity contribution in [3.8, 4) is 28.8 Å². The molecule has 0 spiro atoms. The lowest BCUT2D eigenvalue weighted by Gasteiger charge is -2.09. The number of fused-ring (bicyclic) bond motifs is 1. The van der Waals surface area contributed by atoms with Gasteiger partial charge in [-0.15, -0.1) is 0 Å². The van der Waals surface area contributed by atoms with E-state index in [0.717, 1.165) is 57.7 Å². The highest BCUT2D eigenvalue weighted by Crippen LogP contribution is 2.32. The van der Waals surface area contributed by atoms with Crippen LogP contribution in [0.1, 0.15) is 36.7 Å². The zero-order chi connectivity index (χ0) is 24.9. The Morgan fingerprint density at radius 2 is 1.89 bits per heavy atom. The highest BCUT2D eigenvalue weighted by molar-refractivity contribution is 5.92. The van der Waals surface area contributed by atoms with Crippen molar-refractivity contribution in [1.29, 1.82) is 5.26 Å². The standard InChI is InChI=1S/C30H27N5O/c1-3-4-16-36-25-14-15-26(21(2)17-25)29-23(20-35(34-29)24-10-6-5-7-11-24)18-22(19-31)30-32-27-12-8-9-13-28(27)33-30/h5-15,17-18,20H,3-4,16H2,1-2H3,(H,32,33)/b22-18+. The minimum absolute atomic E-state index is 0.442. The number of nitrogens with zero attached hydrogens (tertiary/aromatic N) is 4. The Hall–Kier alpha value is -4.63. The third kappa shape index (κ3) is 4.77. The maximum atomic E-state index is 10.0. The summed E-state index contributed by atoms with van der Waals surface area (Å²) in [5.74, 6) is 1.39. The van der Waals surface area contributed by atoms with Gasteiger partial charge in [0.1, 0.15) is 23.3 Å². The maximum Gasteiger partial charge on any atom is 0.149 e. The molecule has 5 rings (SSSR count). The number of hydrogen-bond acceptors (Lipinski definition) is 4. The van der Waals surface area contributed by atoms with E-state index in [1.54, 1.807) is 0 Å². The van der Waals surface area contributed by atoms with Crippen molar-refractivity contribution in [2.24, 2.45) is 0 Å². The summed E-state index contributed by atoms with van der Waals surface area (Å²) in [5.41, 5.74) is 6.76. The zero-order valence-electron chi connectivity index (χ0n) is 20.4. The molecule has 0 aliphatic carbocycles. The lowest BCUT2D eigenvalue weighted by molar-refractivity contribution is 0.309. The molecule has 3 aromatic carbocycles. The first-order valence-corrected chi connectivity index (χ1v) is 12.1.